The fourth-order valence-corrected chi connectivity index (χ4v) is 1.69. The molecule has 0 fully saturated rings. The number of carbonyl (C=O) groups excluding carboxylic acids is 1. The topological polar surface area (TPSA) is 44.1 Å². The SMILES string of the molecule is CCN(CC(C)C#N)C(=O)c1ccc(F)c(C)c1. The van der Waals surface area contributed by atoms with E-state index in [-0.39, 0.29) is 17.6 Å². The van der Waals surface area contributed by atoms with Crippen LogP contribution >= 0.6 is 0 Å². The first kappa shape index (κ1) is 14.2. The van der Waals surface area contributed by atoms with Gasteiger partial charge in [0.2, 0.25) is 0 Å². The number of nitrogens with zero attached hydrogens (tertiary/aromatic N) is 2. The molecule has 0 bridgehead atoms. The van der Waals surface area contributed by atoms with Crippen molar-refractivity contribution in [3.8, 4) is 6.07 Å². The molecule has 4 heteroatoms. The second-order valence-corrected chi connectivity index (χ2v) is 4.34. The molecule has 0 N–H and O–H groups in total. The zero-order valence-electron chi connectivity index (χ0n) is 10.9. The predicted molar refractivity (Wildman–Crippen MR) is 67.5 cm³/mol. The van der Waals surface area contributed by atoms with Crippen molar-refractivity contribution >= 4 is 5.91 Å². The van der Waals surface area contributed by atoms with E-state index in [2.05, 4.69) is 6.07 Å². The Morgan fingerprint density at radius 3 is 2.72 bits per heavy atom. The smallest absolute Gasteiger partial charge is 0.253 e. The molecule has 0 radical (unpaired) electrons. The van der Waals surface area contributed by atoms with Gasteiger partial charge in [0.25, 0.3) is 5.91 Å². The van der Waals surface area contributed by atoms with Gasteiger partial charge in [-0.25, -0.2) is 4.39 Å². The molecule has 1 unspecified atom stereocenters. The summed E-state index contributed by atoms with van der Waals surface area (Å²) >= 11 is 0. The number of rotatable bonds is 4. The van der Waals surface area contributed by atoms with Crippen LogP contribution in [0.3, 0.4) is 0 Å². The maximum absolute atomic E-state index is 13.1. The monoisotopic (exact) mass is 248 g/mol. The fourth-order valence-electron chi connectivity index (χ4n) is 1.69. The second-order valence-electron chi connectivity index (χ2n) is 4.34. The lowest BCUT2D eigenvalue weighted by Gasteiger charge is -2.22. The molecule has 0 aliphatic carbocycles. The van der Waals surface area contributed by atoms with Crippen LogP contribution in [0.2, 0.25) is 0 Å². The minimum atomic E-state index is -0.319. The third-order valence-electron chi connectivity index (χ3n) is 2.79. The largest absolute Gasteiger partial charge is 0.338 e. The van der Waals surface area contributed by atoms with Crippen LogP contribution < -0.4 is 0 Å². The lowest BCUT2D eigenvalue weighted by molar-refractivity contribution is 0.0752. The molecule has 0 spiro atoms. The molecule has 1 aromatic carbocycles. The summed E-state index contributed by atoms with van der Waals surface area (Å²) in [6.07, 6.45) is 0. The molecule has 3 nitrogen and oxygen atoms in total. The number of aryl methyl sites for hydroxylation is 1. The molecule has 0 saturated carbocycles. The van der Waals surface area contributed by atoms with Crippen molar-refractivity contribution in [1.29, 1.82) is 5.26 Å². The highest BCUT2D eigenvalue weighted by atomic mass is 19.1. The van der Waals surface area contributed by atoms with E-state index in [9.17, 15) is 9.18 Å². The van der Waals surface area contributed by atoms with Gasteiger partial charge in [-0.2, -0.15) is 5.26 Å². The highest BCUT2D eigenvalue weighted by Gasteiger charge is 2.17. The van der Waals surface area contributed by atoms with Gasteiger partial charge < -0.3 is 4.90 Å². The zero-order chi connectivity index (χ0) is 13.7. The molecular weight excluding hydrogens is 231 g/mol. The van der Waals surface area contributed by atoms with E-state index >= 15 is 0 Å². The van der Waals surface area contributed by atoms with Crippen molar-refractivity contribution in [3.63, 3.8) is 0 Å². The second kappa shape index (κ2) is 6.15. The van der Waals surface area contributed by atoms with Crippen molar-refractivity contribution in [2.75, 3.05) is 13.1 Å². The number of carbonyl (C=O) groups is 1. The Morgan fingerprint density at radius 1 is 1.56 bits per heavy atom. The van der Waals surface area contributed by atoms with Crippen LogP contribution in [-0.4, -0.2) is 23.9 Å². The number of hydrogen-bond donors (Lipinski definition) is 0. The van der Waals surface area contributed by atoms with Crippen LogP contribution in [0.25, 0.3) is 0 Å². The number of hydrogen-bond acceptors (Lipinski definition) is 2. The van der Waals surface area contributed by atoms with Crippen LogP contribution in [0.15, 0.2) is 18.2 Å². The minimum Gasteiger partial charge on any atom is -0.338 e. The van der Waals surface area contributed by atoms with Gasteiger partial charge in [-0.15, -0.1) is 0 Å². The lowest BCUT2D eigenvalue weighted by Crippen LogP contribution is -2.34. The van der Waals surface area contributed by atoms with E-state index in [1.54, 1.807) is 18.7 Å². The highest BCUT2D eigenvalue weighted by molar-refractivity contribution is 5.94. The Labute approximate surface area is 107 Å². The summed E-state index contributed by atoms with van der Waals surface area (Å²) in [5.74, 6) is -0.696. The van der Waals surface area contributed by atoms with Crippen LogP contribution in [0.4, 0.5) is 4.39 Å². The Bertz CT molecular complexity index is 479. The molecule has 0 saturated heterocycles. The van der Waals surface area contributed by atoms with E-state index in [0.29, 0.717) is 24.2 Å². The molecule has 0 heterocycles. The summed E-state index contributed by atoms with van der Waals surface area (Å²) in [5, 5.41) is 8.77. The summed E-state index contributed by atoms with van der Waals surface area (Å²) < 4.78 is 13.1. The van der Waals surface area contributed by atoms with Gasteiger partial charge in [-0.1, -0.05) is 0 Å². The number of halogens is 1. The molecule has 0 aliphatic rings. The first-order valence-corrected chi connectivity index (χ1v) is 5.94. The standard InChI is InChI=1S/C14H17FN2O/c1-4-17(9-10(2)8-16)14(18)12-5-6-13(15)11(3)7-12/h5-7,10H,4,9H2,1-3H3. The van der Waals surface area contributed by atoms with Crippen molar-refractivity contribution < 1.29 is 9.18 Å². The zero-order valence-corrected chi connectivity index (χ0v) is 10.9. The molecule has 1 rings (SSSR count). The molecule has 18 heavy (non-hydrogen) atoms. The molecule has 1 aromatic rings. The van der Waals surface area contributed by atoms with Crippen LogP contribution in [0, 0.1) is 30.0 Å². The fraction of sp³-hybridized carbons (Fsp3) is 0.429. The minimum absolute atomic E-state index is 0.164. The Kier molecular flexibility index (Phi) is 4.85. The van der Waals surface area contributed by atoms with Gasteiger partial charge >= 0.3 is 0 Å². The normalized spacial score (nSPS) is 11.7. The maximum atomic E-state index is 13.1. The maximum Gasteiger partial charge on any atom is 0.253 e. The average Bonchev–Trinajstić information content (AvgIpc) is 2.38. The third-order valence-corrected chi connectivity index (χ3v) is 2.79. The summed E-state index contributed by atoms with van der Waals surface area (Å²) in [5.41, 5.74) is 0.908. The molecule has 96 valence electrons. The van der Waals surface area contributed by atoms with Crippen molar-refractivity contribution in [2.45, 2.75) is 20.8 Å². The number of benzene rings is 1. The van der Waals surface area contributed by atoms with Gasteiger partial charge in [-0.05, 0) is 44.5 Å². The molecular formula is C14H17FN2O. The van der Waals surface area contributed by atoms with Gasteiger partial charge in [0.1, 0.15) is 5.82 Å². The van der Waals surface area contributed by atoms with Gasteiger partial charge in [0, 0.05) is 18.7 Å². The first-order valence-electron chi connectivity index (χ1n) is 5.94. The summed E-state index contributed by atoms with van der Waals surface area (Å²) in [6, 6.07) is 6.41. The van der Waals surface area contributed by atoms with Gasteiger partial charge in [0.15, 0.2) is 0 Å². The van der Waals surface area contributed by atoms with Crippen molar-refractivity contribution in [3.05, 3.63) is 35.1 Å². The van der Waals surface area contributed by atoms with Crippen LogP contribution in [0.5, 0.6) is 0 Å². The Balaban J connectivity index is 2.90. The van der Waals surface area contributed by atoms with E-state index in [4.69, 9.17) is 5.26 Å². The van der Waals surface area contributed by atoms with Gasteiger partial charge in [-0.3, -0.25) is 4.79 Å². The third kappa shape index (κ3) is 3.30. The van der Waals surface area contributed by atoms with Crippen LogP contribution in [0.1, 0.15) is 29.8 Å². The Hall–Kier alpha value is -1.89. The summed E-state index contributed by atoms with van der Waals surface area (Å²) in [7, 11) is 0. The Morgan fingerprint density at radius 2 is 2.22 bits per heavy atom. The first-order chi connectivity index (χ1) is 8.49. The van der Waals surface area contributed by atoms with E-state index in [0.717, 1.165) is 0 Å². The molecule has 0 aliphatic heterocycles. The van der Waals surface area contributed by atoms with Crippen molar-refractivity contribution in [2.24, 2.45) is 5.92 Å². The van der Waals surface area contributed by atoms with E-state index in [1.165, 1.54) is 18.2 Å². The van der Waals surface area contributed by atoms with E-state index < -0.39 is 0 Å². The van der Waals surface area contributed by atoms with Crippen LogP contribution in [-0.2, 0) is 0 Å². The molecule has 1 amide bonds. The molecule has 0 aromatic heterocycles. The average molecular weight is 248 g/mol. The van der Waals surface area contributed by atoms with E-state index in [1.807, 2.05) is 6.92 Å². The summed E-state index contributed by atoms with van der Waals surface area (Å²) in [6.45, 7) is 6.17. The molecule has 1 atom stereocenters. The lowest BCUT2D eigenvalue weighted by atomic mass is 10.1. The quantitative estimate of drug-likeness (QED) is 0.822. The number of amides is 1. The summed E-state index contributed by atoms with van der Waals surface area (Å²) in [4.78, 5) is 13.8. The predicted octanol–water partition coefficient (Wildman–Crippen LogP) is 2.76. The van der Waals surface area contributed by atoms with Gasteiger partial charge in [0.05, 0.1) is 12.0 Å². The van der Waals surface area contributed by atoms with Crippen molar-refractivity contribution in [1.82, 2.24) is 4.90 Å². The number of nitriles is 1. The highest BCUT2D eigenvalue weighted by Crippen LogP contribution is 2.12.